The van der Waals surface area contributed by atoms with Crippen molar-refractivity contribution in [2.24, 2.45) is 39.9 Å². The van der Waals surface area contributed by atoms with Crippen LogP contribution in [0.25, 0.3) is 0 Å². The summed E-state index contributed by atoms with van der Waals surface area (Å²) in [5.74, 6) is -9.36. The van der Waals surface area contributed by atoms with Gasteiger partial charge >= 0.3 is 0 Å². The summed E-state index contributed by atoms with van der Waals surface area (Å²) in [4.78, 5) is 137. The summed E-state index contributed by atoms with van der Waals surface area (Å²) in [5.41, 5.74) is 16.1. The van der Waals surface area contributed by atoms with E-state index < -0.39 is 132 Å². The fourth-order valence-corrected chi connectivity index (χ4v) is 7.23. The number of carbonyl (C=O) groups is 10. The predicted molar refractivity (Wildman–Crippen MR) is 249 cm³/mol. The monoisotopic (exact) mass is 968 g/mol. The molecule has 0 unspecified atom stereocenters. The second kappa shape index (κ2) is 30.3. The lowest BCUT2D eigenvalue weighted by atomic mass is 9.96. The second-order valence-corrected chi connectivity index (χ2v) is 17.3. The summed E-state index contributed by atoms with van der Waals surface area (Å²) in [5, 5.41) is 40.7. The molecule has 0 aromatic heterocycles. The van der Waals surface area contributed by atoms with Gasteiger partial charge in [-0.15, -0.1) is 0 Å². The van der Waals surface area contributed by atoms with Gasteiger partial charge in [0, 0.05) is 33.0 Å². The standard InChI is InChI=1S/C43H77N13O12/c1-9-23(6)33(40(66)50-27(14-12-18-48-43(45)46)42(68)56-19-13-15-30(56)38(64)47-11-3)54-37(63)29(21-58)51-36(62)28(20-57)52-41(67)34(24(7)10-2)55-39(65)32(22(4)5)53-35(61)26(49-25(8)59)16-17-31(44)60/h22-24,26-30,32-34,57-58H,9-21H2,1-8H3,(H2,44,60)(H,47,64)(H,49,59)(H,50,66)(H,51,62)(H,52,67)(H,53,61)(H,54,63)(H,55,65)(H4,45,46,48)/t23-,24+,26-,27-,28-,29-,30-,32-,33-,34+/m0/s1. The Morgan fingerprint density at radius 3 is 1.57 bits per heavy atom. The third-order valence-corrected chi connectivity index (χ3v) is 11.6. The number of nitrogens with zero attached hydrogens (tertiary/aromatic N) is 2. The first-order chi connectivity index (χ1) is 32.0. The van der Waals surface area contributed by atoms with Crippen LogP contribution < -0.4 is 59.7 Å². The molecule has 0 bridgehead atoms. The highest BCUT2D eigenvalue weighted by Crippen LogP contribution is 2.20. The van der Waals surface area contributed by atoms with Crippen molar-refractivity contribution < 1.29 is 58.2 Å². The third-order valence-electron chi connectivity index (χ3n) is 11.6. The quantitative estimate of drug-likeness (QED) is 0.0184. The van der Waals surface area contributed by atoms with Crippen LogP contribution in [0.5, 0.6) is 0 Å². The molecule has 0 saturated carbocycles. The Morgan fingerprint density at radius 1 is 0.632 bits per heavy atom. The predicted octanol–water partition coefficient (Wildman–Crippen LogP) is -4.42. The number of hydrogen-bond acceptors (Lipinski definition) is 13. The van der Waals surface area contributed by atoms with Crippen LogP contribution in [0.2, 0.25) is 0 Å². The van der Waals surface area contributed by atoms with Gasteiger partial charge < -0.3 is 74.8 Å². The molecule has 386 valence electrons. The van der Waals surface area contributed by atoms with E-state index in [0.717, 1.165) is 0 Å². The fraction of sp³-hybridized carbons (Fsp3) is 0.744. The number of aliphatic imine (C=N–C) groups is 1. The number of amides is 10. The minimum atomic E-state index is -1.72. The van der Waals surface area contributed by atoms with Crippen LogP contribution in [0.15, 0.2) is 4.99 Å². The van der Waals surface area contributed by atoms with Crippen LogP contribution in [-0.4, -0.2) is 161 Å². The van der Waals surface area contributed by atoms with Gasteiger partial charge in [0.05, 0.1) is 13.2 Å². The third kappa shape index (κ3) is 19.6. The van der Waals surface area contributed by atoms with Crippen LogP contribution in [0, 0.1) is 17.8 Å². The van der Waals surface area contributed by atoms with E-state index in [4.69, 9.17) is 17.2 Å². The van der Waals surface area contributed by atoms with Crippen molar-refractivity contribution >= 4 is 65.0 Å². The summed E-state index contributed by atoms with van der Waals surface area (Å²) in [6, 6.07) is -10.4. The highest BCUT2D eigenvalue weighted by atomic mass is 16.3. The lowest BCUT2D eigenvalue weighted by Gasteiger charge is -2.31. The molecule has 1 aliphatic heterocycles. The molecule has 1 fully saturated rings. The van der Waals surface area contributed by atoms with E-state index in [-0.39, 0.29) is 50.6 Å². The highest BCUT2D eigenvalue weighted by molar-refractivity contribution is 5.98. The van der Waals surface area contributed by atoms with Crippen molar-refractivity contribution in [3.05, 3.63) is 0 Å². The topological polar surface area (TPSA) is 401 Å². The zero-order valence-corrected chi connectivity index (χ0v) is 40.6. The second-order valence-electron chi connectivity index (χ2n) is 17.3. The summed E-state index contributed by atoms with van der Waals surface area (Å²) in [6.45, 7) is 11.7. The summed E-state index contributed by atoms with van der Waals surface area (Å²) in [7, 11) is 0. The molecule has 1 rings (SSSR count). The van der Waals surface area contributed by atoms with Gasteiger partial charge in [-0.2, -0.15) is 0 Å². The zero-order chi connectivity index (χ0) is 51.8. The average Bonchev–Trinajstić information content (AvgIpc) is 3.78. The molecule has 0 aromatic rings. The molecular weight excluding hydrogens is 891 g/mol. The van der Waals surface area contributed by atoms with Gasteiger partial charge in [-0.25, -0.2) is 0 Å². The molecule has 25 heteroatoms. The number of rotatable bonds is 30. The number of guanidine groups is 1. The smallest absolute Gasteiger partial charge is 0.245 e. The number of hydrogen-bond donors (Lipinski definition) is 13. The van der Waals surface area contributed by atoms with Gasteiger partial charge in [0.1, 0.15) is 48.3 Å². The van der Waals surface area contributed by atoms with Crippen LogP contribution >= 0.6 is 0 Å². The summed E-state index contributed by atoms with van der Waals surface area (Å²) < 4.78 is 0. The van der Waals surface area contributed by atoms with E-state index in [1.54, 1.807) is 48.5 Å². The number of nitrogens with one attached hydrogen (secondary N) is 8. The Balaban J connectivity index is 3.27. The molecule has 0 spiro atoms. The number of nitrogens with two attached hydrogens (primary N) is 3. The normalized spacial score (nSPS) is 17.3. The molecule has 10 amide bonds. The van der Waals surface area contributed by atoms with Crippen LogP contribution in [0.4, 0.5) is 0 Å². The zero-order valence-electron chi connectivity index (χ0n) is 40.6. The maximum absolute atomic E-state index is 14.0. The van der Waals surface area contributed by atoms with E-state index in [2.05, 4.69) is 47.5 Å². The van der Waals surface area contributed by atoms with E-state index in [0.29, 0.717) is 32.2 Å². The maximum atomic E-state index is 14.0. The molecule has 68 heavy (non-hydrogen) atoms. The molecule has 1 heterocycles. The molecule has 10 atom stereocenters. The number of carbonyl (C=O) groups excluding carboxylic acids is 10. The summed E-state index contributed by atoms with van der Waals surface area (Å²) >= 11 is 0. The van der Waals surface area contributed by atoms with Gasteiger partial charge in [-0.3, -0.25) is 52.9 Å². The maximum Gasteiger partial charge on any atom is 0.245 e. The van der Waals surface area contributed by atoms with Crippen molar-refractivity contribution in [2.45, 2.75) is 155 Å². The first kappa shape index (κ1) is 59.9. The van der Waals surface area contributed by atoms with Gasteiger partial charge in [-0.1, -0.05) is 54.4 Å². The average molecular weight is 968 g/mol. The molecule has 0 radical (unpaired) electrons. The number of likely N-dealkylation sites (tertiary alicyclic amines) is 1. The first-order valence-corrected chi connectivity index (χ1v) is 23.2. The van der Waals surface area contributed by atoms with Gasteiger partial charge in [-0.05, 0) is 56.8 Å². The molecule has 0 aromatic carbocycles. The largest absolute Gasteiger partial charge is 0.394 e. The number of aliphatic hydroxyl groups excluding tert-OH is 2. The molecule has 25 nitrogen and oxygen atoms in total. The van der Waals surface area contributed by atoms with Gasteiger partial charge in [0.25, 0.3) is 0 Å². The highest BCUT2D eigenvalue weighted by Gasteiger charge is 2.40. The van der Waals surface area contributed by atoms with Gasteiger partial charge in [0.2, 0.25) is 59.1 Å². The Morgan fingerprint density at radius 2 is 1.10 bits per heavy atom. The molecule has 16 N–H and O–H groups in total. The van der Waals surface area contributed by atoms with Crippen molar-refractivity contribution in [1.82, 2.24) is 47.4 Å². The van der Waals surface area contributed by atoms with Crippen molar-refractivity contribution in [1.29, 1.82) is 0 Å². The van der Waals surface area contributed by atoms with E-state index in [1.807, 2.05) is 0 Å². The molecular formula is C43H77N13O12. The number of likely N-dealkylation sites (N-methyl/N-ethyl adjacent to an activating group) is 1. The summed E-state index contributed by atoms with van der Waals surface area (Å²) in [6.07, 6.45) is 1.63. The van der Waals surface area contributed by atoms with E-state index in [9.17, 15) is 58.2 Å². The van der Waals surface area contributed by atoms with Crippen LogP contribution in [0.3, 0.4) is 0 Å². The van der Waals surface area contributed by atoms with Crippen LogP contribution in [-0.2, 0) is 47.9 Å². The van der Waals surface area contributed by atoms with Crippen molar-refractivity contribution in [3.8, 4) is 0 Å². The Bertz CT molecular complexity index is 1780. The first-order valence-electron chi connectivity index (χ1n) is 23.2. The Hall–Kier alpha value is -6.11. The van der Waals surface area contributed by atoms with Crippen LogP contribution in [0.1, 0.15) is 107 Å². The van der Waals surface area contributed by atoms with Gasteiger partial charge in [0.15, 0.2) is 5.96 Å². The number of aliphatic hydroxyl groups is 2. The minimum Gasteiger partial charge on any atom is -0.394 e. The van der Waals surface area contributed by atoms with E-state index in [1.165, 1.54) is 11.8 Å². The Labute approximate surface area is 397 Å². The number of primary amides is 1. The Kier molecular flexibility index (Phi) is 26.7. The minimum absolute atomic E-state index is 0.0706. The lowest BCUT2D eigenvalue weighted by Crippen LogP contribution is -2.62. The lowest BCUT2D eigenvalue weighted by molar-refractivity contribution is -0.142. The SMILES string of the molecule is CCNC(=O)[C@@H]1CCCN1C(=O)[C@H](CCCN=C(N)N)NC(=O)[C@@H](NC(=O)[C@H](CO)NC(=O)[C@H](CO)NC(=O)[C@H](NC(=O)[C@@H](NC(=O)[C@H](CCC(N)=O)NC(C)=O)C(C)C)[C@H](C)CC)[C@@H](C)CC. The van der Waals surface area contributed by atoms with E-state index >= 15 is 0 Å². The van der Waals surface area contributed by atoms with Crippen molar-refractivity contribution in [2.75, 3.05) is 32.8 Å². The molecule has 0 aliphatic carbocycles. The van der Waals surface area contributed by atoms with Crippen molar-refractivity contribution in [3.63, 3.8) is 0 Å². The molecule has 1 saturated heterocycles. The molecule has 1 aliphatic rings. The fourth-order valence-electron chi connectivity index (χ4n) is 7.23.